The SMILES string of the molecule is c1cc(Oc2cnn(C3CCCC3)c2)ccn1. The number of nitrogens with zero attached hydrogens (tertiary/aromatic N) is 3. The van der Waals surface area contributed by atoms with Crippen LogP contribution in [0.3, 0.4) is 0 Å². The smallest absolute Gasteiger partial charge is 0.165 e. The highest BCUT2D eigenvalue weighted by atomic mass is 16.5. The molecule has 4 heteroatoms. The predicted molar refractivity (Wildman–Crippen MR) is 64.0 cm³/mol. The summed E-state index contributed by atoms with van der Waals surface area (Å²) in [5, 5.41) is 4.37. The molecule has 2 aromatic rings. The fraction of sp³-hybridized carbons (Fsp3) is 0.385. The first-order valence-electron chi connectivity index (χ1n) is 6.04. The third-order valence-electron chi connectivity index (χ3n) is 3.16. The molecule has 1 aliphatic carbocycles. The van der Waals surface area contributed by atoms with Crippen molar-refractivity contribution in [3.05, 3.63) is 36.9 Å². The molecule has 17 heavy (non-hydrogen) atoms. The summed E-state index contributed by atoms with van der Waals surface area (Å²) in [6, 6.07) is 4.24. The van der Waals surface area contributed by atoms with E-state index in [0.29, 0.717) is 6.04 Å². The Labute approximate surface area is 100 Å². The summed E-state index contributed by atoms with van der Waals surface area (Å²) in [4.78, 5) is 3.95. The molecule has 4 nitrogen and oxygen atoms in total. The molecule has 0 amide bonds. The van der Waals surface area contributed by atoms with Crippen molar-refractivity contribution in [2.24, 2.45) is 0 Å². The lowest BCUT2D eigenvalue weighted by Gasteiger charge is -2.08. The Kier molecular flexibility index (Phi) is 2.78. The van der Waals surface area contributed by atoms with Gasteiger partial charge in [-0.05, 0) is 25.0 Å². The third kappa shape index (κ3) is 2.30. The van der Waals surface area contributed by atoms with E-state index in [9.17, 15) is 0 Å². The van der Waals surface area contributed by atoms with Crippen LogP contribution in [-0.4, -0.2) is 14.8 Å². The van der Waals surface area contributed by atoms with Crippen LogP contribution in [0.15, 0.2) is 36.9 Å². The number of hydrogen-bond acceptors (Lipinski definition) is 3. The van der Waals surface area contributed by atoms with Crippen LogP contribution in [0.25, 0.3) is 0 Å². The second-order valence-corrected chi connectivity index (χ2v) is 4.38. The largest absolute Gasteiger partial charge is 0.454 e. The summed E-state index contributed by atoms with van der Waals surface area (Å²) >= 11 is 0. The van der Waals surface area contributed by atoms with Gasteiger partial charge in [-0.25, -0.2) is 0 Å². The minimum Gasteiger partial charge on any atom is -0.454 e. The van der Waals surface area contributed by atoms with Gasteiger partial charge in [0.25, 0.3) is 0 Å². The van der Waals surface area contributed by atoms with Crippen molar-refractivity contribution in [2.75, 3.05) is 0 Å². The summed E-state index contributed by atoms with van der Waals surface area (Å²) in [7, 11) is 0. The molecule has 0 saturated heterocycles. The number of ether oxygens (including phenoxy) is 1. The van der Waals surface area contributed by atoms with E-state index < -0.39 is 0 Å². The van der Waals surface area contributed by atoms with Gasteiger partial charge < -0.3 is 4.74 Å². The number of aromatic nitrogens is 3. The molecule has 0 radical (unpaired) electrons. The molecule has 0 aromatic carbocycles. The van der Waals surface area contributed by atoms with Crippen molar-refractivity contribution in [1.82, 2.24) is 14.8 Å². The van der Waals surface area contributed by atoms with E-state index in [4.69, 9.17) is 4.74 Å². The summed E-state index contributed by atoms with van der Waals surface area (Å²) in [6.45, 7) is 0. The summed E-state index contributed by atoms with van der Waals surface area (Å²) in [5.74, 6) is 1.59. The molecule has 0 aliphatic heterocycles. The molecule has 2 heterocycles. The van der Waals surface area contributed by atoms with Crippen LogP contribution in [0.4, 0.5) is 0 Å². The molecule has 1 fully saturated rings. The first-order chi connectivity index (χ1) is 8.42. The zero-order valence-corrected chi connectivity index (χ0v) is 9.62. The van der Waals surface area contributed by atoms with Gasteiger partial charge in [0, 0.05) is 12.4 Å². The zero-order valence-electron chi connectivity index (χ0n) is 9.62. The molecule has 1 saturated carbocycles. The van der Waals surface area contributed by atoms with Gasteiger partial charge in [0.05, 0.1) is 18.4 Å². The van der Waals surface area contributed by atoms with Crippen LogP contribution >= 0.6 is 0 Å². The van der Waals surface area contributed by atoms with Gasteiger partial charge in [-0.3, -0.25) is 9.67 Å². The highest BCUT2D eigenvalue weighted by Crippen LogP contribution is 2.30. The van der Waals surface area contributed by atoms with Crippen LogP contribution in [0.1, 0.15) is 31.7 Å². The standard InChI is InChI=1S/C13H15N3O/c1-2-4-11(3-1)16-10-13(9-15-16)17-12-5-7-14-8-6-12/h5-11H,1-4H2. The maximum absolute atomic E-state index is 5.70. The van der Waals surface area contributed by atoms with E-state index in [1.807, 2.05) is 23.0 Å². The van der Waals surface area contributed by atoms with Gasteiger partial charge in [0.2, 0.25) is 0 Å². The highest BCUT2D eigenvalue weighted by Gasteiger charge is 2.17. The van der Waals surface area contributed by atoms with Crippen molar-refractivity contribution in [3.8, 4) is 11.5 Å². The van der Waals surface area contributed by atoms with Gasteiger partial charge in [0.15, 0.2) is 5.75 Å². The summed E-state index contributed by atoms with van der Waals surface area (Å²) in [5.41, 5.74) is 0. The van der Waals surface area contributed by atoms with Crippen LogP contribution < -0.4 is 4.74 Å². The average Bonchev–Trinajstić information content (AvgIpc) is 3.00. The number of hydrogen-bond donors (Lipinski definition) is 0. The van der Waals surface area contributed by atoms with Gasteiger partial charge in [-0.15, -0.1) is 0 Å². The molecular weight excluding hydrogens is 214 g/mol. The van der Waals surface area contributed by atoms with Crippen LogP contribution in [0, 0.1) is 0 Å². The molecule has 0 N–H and O–H groups in total. The molecule has 0 unspecified atom stereocenters. The minimum atomic E-state index is 0.560. The Morgan fingerprint density at radius 3 is 2.65 bits per heavy atom. The van der Waals surface area contributed by atoms with Crippen molar-refractivity contribution in [2.45, 2.75) is 31.7 Å². The number of pyridine rings is 1. The molecule has 0 spiro atoms. The van der Waals surface area contributed by atoms with E-state index in [-0.39, 0.29) is 0 Å². The Bertz CT molecular complexity index is 474. The molecule has 2 aromatic heterocycles. The quantitative estimate of drug-likeness (QED) is 0.811. The second kappa shape index (κ2) is 4.57. The molecule has 0 bridgehead atoms. The monoisotopic (exact) mass is 229 g/mol. The lowest BCUT2D eigenvalue weighted by Crippen LogP contribution is -2.04. The maximum atomic E-state index is 5.70. The van der Waals surface area contributed by atoms with Crippen LogP contribution in [0.2, 0.25) is 0 Å². The Hall–Kier alpha value is -1.84. The predicted octanol–water partition coefficient (Wildman–Crippen LogP) is 3.19. The number of rotatable bonds is 3. The van der Waals surface area contributed by atoms with Crippen molar-refractivity contribution in [3.63, 3.8) is 0 Å². The van der Waals surface area contributed by atoms with Gasteiger partial charge >= 0.3 is 0 Å². The molecule has 1 aliphatic rings. The molecule has 3 rings (SSSR count). The lowest BCUT2D eigenvalue weighted by molar-refractivity contribution is 0.456. The van der Waals surface area contributed by atoms with E-state index in [0.717, 1.165) is 11.5 Å². The van der Waals surface area contributed by atoms with Crippen LogP contribution in [0.5, 0.6) is 11.5 Å². The molecule has 0 atom stereocenters. The van der Waals surface area contributed by atoms with E-state index in [1.165, 1.54) is 25.7 Å². The fourth-order valence-electron chi connectivity index (χ4n) is 2.28. The van der Waals surface area contributed by atoms with E-state index in [1.54, 1.807) is 18.6 Å². The zero-order chi connectivity index (χ0) is 11.5. The molecule has 88 valence electrons. The normalized spacial score (nSPS) is 16.2. The van der Waals surface area contributed by atoms with Gasteiger partial charge in [-0.2, -0.15) is 5.10 Å². The Morgan fingerprint density at radius 2 is 1.88 bits per heavy atom. The first-order valence-corrected chi connectivity index (χ1v) is 6.04. The van der Waals surface area contributed by atoms with E-state index in [2.05, 4.69) is 10.1 Å². The Morgan fingerprint density at radius 1 is 1.12 bits per heavy atom. The molecular formula is C13H15N3O. The minimum absolute atomic E-state index is 0.560. The van der Waals surface area contributed by atoms with Gasteiger partial charge in [0.1, 0.15) is 5.75 Å². The third-order valence-corrected chi connectivity index (χ3v) is 3.16. The van der Waals surface area contributed by atoms with Gasteiger partial charge in [-0.1, -0.05) is 12.8 Å². The maximum Gasteiger partial charge on any atom is 0.165 e. The summed E-state index contributed by atoms with van der Waals surface area (Å²) < 4.78 is 7.73. The lowest BCUT2D eigenvalue weighted by atomic mass is 10.3. The van der Waals surface area contributed by atoms with E-state index >= 15 is 0 Å². The Balaban J connectivity index is 1.72. The van der Waals surface area contributed by atoms with Crippen molar-refractivity contribution in [1.29, 1.82) is 0 Å². The highest BCUT2D eigenvalue weighted by molar-refractivity contribution is 5.25. The second-order valence-electron chi connectivity index (χ2n) is 4.38. The van der Waals surface area contributed by atoms with Crippen LogP contribution in [-0.2, 0) is 0 Å². The van der Waals surface area contributed by atoms with Crippen molar-refractivity contribution < 1.29 is 4.74 Å². The fourth-order valence-corrected chi connectivity index (χ4v) is 2.28. The average molecular weight is 229 g/mol. The first kappa shape index (κ1) is 10.3. The van der Waals surface area contributed by atoms with Crippen molar-refractivity contribution >= 4 is 0 Å². The topological polar surface area (TPSA) is 39.9 Å². The summed E-state index contributed by atoms with van der Waals surface area (Å²) in [6.07, 6.45) is 12.3.